The molecular weight excluding hydrogens is 306 g/mol. The molecule has 7 nitrogen and oxygen atoms in total. The normalized spacial score (nSPS) is 17.0. The zero-order chi connectivity index (χ0) is 17.1. The molecule has 1 saturated heterocycles. The Morgan fingerprint density at radius 2 is 2.21 bits per heavy atom. The van der Waals surface area contributed by atoms with Crippen LogP contribution in [0, 0.1) is 12.8 Å². The highest BCUT2D eigenvalue weighted by atomic mass is 16.5. The third kappa shape index (κ3) is 3.36. The van der Waals surface area contributed by atoms with Crippen LogP contribution in [-0.4, -0.2) is 38.5 Å². The lowest BCUT2D eigenvalue weighted by atomic mass is 9.90. The van der Waals surface area contributed by atoms with Crippen molar-refractivity contribution in [2.24, 2.45) is 13.0 Å². The van der Waals surface area contributed by atoms with Gasteiger partial charge in [-0.05, 0) is 32.6 Å². The van der Waals surface area contributed by atoms with Gasteiger partial charge in [0.1, 0.15) is 5.82 Å². The molecule has 0 bridgehead atoms. The van der Waals surface area contributed by atoms with Crippen LogP contribution < -0.4 is 5.32 Å². The Bertz CT molecular complexity index is 700. The molecule has 0 radical (unpaired) electrons. The summed E-state index contributed by atoms with van der Waals surface area (Å²) >= 11 is 0. The first kappa shape index (κ1) is 16.7. The number of nitrogens with zero attached hydrogens (tertiary/aromatic N) is 4. The van der Waals surface area contributed by atoms with E-state index in [9.17, 15) is 4.79 Å². The zero-order valence-corrected chi connectivity index (χ0v) is 14.5. The van der Waals surface area contributed by atoms with Crippen LogP contribution in [0.2, 0.25) is 0 Å². The van der Waals surface area contributed by atoms with Crippen LogP contribution in [0.3, 0.4) is 0 Å². The van der Waals surface area contributed by atoms with Crippen LogP contribution in [0.5, 0.6) is 0 Å². The number of carbonyl (C=O) groups is 1. The Kier molecular flexibility index (Phi) is 4.99. The Labute approximate surface area is 142 Å². The summed E-state index contributed by atoms with van der Waals surface area (Å²) in [6.45, 7) is 6.23. The fraction of sp³-hybridized carbons (Fsp3) is 0.588. The van der Waals surface area contributed by atoms with Gasteiger partial charge in [0.2, 0.25) is 0 Å². The lowest BCUT2D eigenvalue weighted by Crippen LogP contribution is -2.37. The number of ether oxygens (including phenoxy) is 1. The molecule has 0 spiro atoms. The van der Waals surface area contributed by atoms with Gasteiger partial charge in [-0.1, -0.05) is 0 Å². The highest BCUT2D eigenvalue weighted by Gasteiger charge is 2.30. The van der Waals surface area contributed by atoms with Crippen molar-refractivity contribution in [3.63, 3.8) is 0 Å². The fourth-order valence-corrected chi connectivity index (χ4v) is 3.35. The maximum absolute atomic E-state index is 12.8. The van der Waals surface area contributed by atoms with E-state index in [-0.39, 0.29) is 11.9 Å². The number of amides is 1. The molecule has 0 aliphatic carbocycles. The summed E-state index contributed by atoms with van der Waals surface area (Å²) in [6, 6.07) is -0.115. The molecule has 1 fully saturated rings. The number of nitrogens with one attached hydrogen (secondary N) is 1. The first-order chi connectivity index (χ1) is 11.6. The average molecular weight is 331 g/mol. The average Bonchev–Trinajstić information content (AvgIpc) is 3.19. The molecule has 1 aliphatic rings. The maximum Gasteiger partial charge on any atom is 0.255 e. The fourth-order valence-electron chi connectivity index (χ4n) is 3.35. The van der Waals surface area contributed by atoms with Crippen molar-refractivity contribution in [2.45, 2.75) is 39.3 Å². The van der Waals surface area contributed by atoms with E-state index in [1.165, 1.54) is 0 Å². The Balaban J connectivity index is 1.87. The third-order valence-corrected chi connectivity index (χ3v) is 4.65. The van der Waals surface area contributed by atoms with E-state index in [4.69, 9.17) is 4.74 Å². The van der Waals surface area contributed by atoms with Gasteiger partial charge < -0.3 is 14.6 Å². The van der Waals surface area contributed by atoms with Crippen molar-refractivity contribution in [3.8, 4) is 0 Å². The van der Waals surface area contributed by atoms with Crippen molar-refractivity contribution < 1.29 is 9.53 Å². The van der Waals surface area contributed by atoms with Crippen LogP contribution in [0.4, 0.5) is 0 Å². The molecule has 1 aliphatic heterocycles. The number of aryl methyl sites for hydroxylation is 3. The highest BCUT2D eigenvalue weighted by Crippen LogP contribution is 2.29. The molecule has 0 saturated carbocycles. The molecule has 3 heterocycles. The lowest BCUT2D eigenvalue weighted by Gasteiger charge is -2.30. The predicted molar refractivity (Wildman–Crippen MR) is 89.6 cm³/mol. The zero-order valence-electron chi connectivity index (χ0n) is 14.5. The Hall–Kier alpha value is -2.15. The number of hydrogen-bond donors (Lipinski definition) is 1. The summed E-state index contributed by atoms with van der Waals surface area (Å²) in [5.41, 5.74) is 1.35. The monoisotopic (exact) mass is 331 g/mol. The van der Waals surface area contributed by atoms with Gasteiger partial charge in [-0.25, -0.2) is 4.98 Å². The van der Waals surface area contributed by atoms with Crippen LogP contribution >= 0.6 is 0 Å². The van der Waals surface area contributed by atoms with Crippen LogP contribution in [0.15, 0.2) is 18.6 Å². The van der Waals surface area contributed by atoms with Gasteiger partial charge in [0.05, 0.1) is 17.3 Å². The number of rotatable bonds is 5. The first-order valence-corrected chi connectivity index (χ1v) is 8.50. The van der Waals surface area contributed by atoms with Crippen LogP contribution in [0.25, 0.3) is 0 Å². The Morgan fingerprint density at radius 1 is 1.46 bits per heavy atom. The first-order valence-electron chi connectivity index (χ1n) is 8.50. The van der Waals surface area contributed by atoms with Crippen molar-refractivity contribution in [1.82, 2.24) is 24.6 Å². The molecule has 1 atom stereocenters. The smallest absolute Gasteiger partial charge is 0.255 e. The lowest BCUT2D eigenvalue weighted by molar-refractivity contribution is 0.0498. The van der Waals surface area contributed by atoms with Gasteiger partial charge in [0, 0.05) is 45.4 Å². The van der Waals surface area contributed by atoms with E-state index in [2.05, 4.69) is 26.9 Å². The van der Waals surface area contributed by atoms with Gasteiger partial charge in [-0.2, -0.15) is 5.10 Å². The third-order valence-electron chi connectivity index (χ3n) is 4.65. The van der Waals surface area contributed by atoms with Crippen molar-refractivity contribution in [1.29, 1.82) is 0 Å². The van der Waals surface area contributed by atoms with E-state index in [1.54, 1.807) is 17.1 Å². The molecular formula is C17H25N5O2. The summed E-state index contributed by atoms with van der Waals surface area (Å²) in [7, 11) is 1.82. The van der Waals surface area contributed by atoms with Gasteiger partial charge in [-0.15, -0.1) is 0 Å². The molecule has 24 heavy (non-hydrogen) atoms. The quantitative estimate of drug-likeness (QED) is 0.907. The van der Waals surface area contributed by atoms with Crippen LogP contribution in [0.1, 0.15) is 47.7 Å². The molecule has 2 aromatic rings. The summed E-state index contributed by atoms with van der Waals surface area (Å²) in [5.74, 6) is 1.15. The van der Waals surface area contributed by atoms with Gasteiger partial charge in [-0.3, -0.25) is 9.48 Å². The van der Waals surface area contributed by atoms with Gasteiger partial charge in [0.25, 0.3) is 5.91 Å². The predicted octanol–water partition coefficient (Wildman–Crippen LogP) is 1.84. The number of imidazole rings is 1. The number of carbonyl (C=O) groups excluding carboxylic acids is 1. The van der Waals surface area contributed by atoms with Crippen molar-refractivity contribution >= 4 is 5.91 Å². The second kappa shape index (κ2) is 7.17. The van der Waals surface area contributed by atoms with Gasteiger partial charge >= 0.3 is 0 Å². The van der Waals surface area contributed by atoms with Gasteiger partial charge in [0.15, 0.2) is 0 Å². The maximum atomic E-state index is 12.8. The second-order valence-electron chi connectivity index (χ2n) is 6.27. The summed E-state index contributed by atoms with van der Waals surface area (Å²) < 4.78 is 9.24. The molecule has 2 aromatic heterocycles. The number of hydrogen-bond acceptors (Lipinski definition) is 4. The molecule has 130 valence electrons. The highest BCUT2D eigenvalue weighted by molar-refractivity contribution is 5.95. The SMILES string of the molecule is CCn1ccnc1[C@@H](NC(=O)c1cn(C)nc1C)C1CCOCC1. The number of aromatic nitrogens is 4. The largest absolute Gasteiger partial charge is 0.381 e. The minimum atomic E-state index is -0.115. The minimum Gasteiger partial charge on any atom is -0.381 e. The van der Waals surface area contributed by atoms with Crippen molar-refractivity contribution in [2.75, 3.05) is 13.2 Å². The molecule has 1 amide bonds. The summed E-state index contributed by atoms with van der Waals surface area (Å²) in [5, 5.41) is 7.47. The van der Waals surface area contributed by atoms with E-state index in [0.29, 0.717) is 11.5 Å². The summed E-state index contributed by atoms with van der Waals surface area (Å²) in [4.78, 5) is 17.3. The second-order valence-corrected chi connectivity index (χ2v) is 6.27. The molecule has 3 rings (SSSR count). The minimum absolute atomic E-state index is 0.0947. The van der Waals surface area contributed by atoms with E-state index in [0.717, 1.165) is 44.1 Å². The summed E-state index contributed by atoms with van der Waals surface area (Å²) in [6.07, 6.45) is 7.37. The Morgan fingerprint density at radius 3 is 2.83 bits per heavy atom. The van der Waals surface area contributed by atoms with E-state index < -0.39 is 0 Å². The van der Waals surface area contributed by atoms with Crippen LogP contribution in [-0.2, 0) is 18.3 Å². The van der Waals surface area contributed by atoms with E-state index >= 15 is 0 Å². The standard InChI is InChI=1S/C17H25N5O2/c1-4-22-8-7-18-16(22)15(13-5-9-24-10-6-13)19-17(23)14-11-21(3)20-12(14)2/h7-8,11,13,15H,4-6,9-10H2,1-3H3,(H,19,23)/t15-/m0/s1. The molecule has 0 unspecified atom stereocenters. The molecule has 0 aromatic carbocycles. The topological polar surface area (TPSA) is 74.0 Å². The molecule has 7 heteroatoms. The molecule has 1 N–H and O–H groups in total. The van der Waals surface area contributed by atoms with E-state index in [1.807, 2.05) is 20.2 Å². The van der Waals surface area contributed by atoms with Crippen molar-refractivity contribution in [3.05, 3.63) is 35.7 Å².